The fraction of sp³-hybridized carbons (Fsp3) is 0.500. The van der Waals surface area contributed by atoms with Crippen LogP contribution in [-0.2, 0) is 4.79 Å². The molecule has 1 atom stereocenters. The lowest BCUT2D eigenvalue weighted by Gasteiger charge is -2.30. The standard InChI is InChI=1S/C26H35FN10O2/c27-18-13-30-11-9-20(18)35-26(39)22-14-31-24-21(32-15-3-4-15)12-23(36-37(22)24)33-16-5-7-17(8-6-16)34-25(38)19(29)2-1-10-28/h9,11-17,19,32H,1-8,10,28-29H2,(H,33,36)(H,34,38)(H,30,35,39)/t16-,17-,19-/m0/s1. The highest BCUT2D eigenvalue weighted by Gasteiger charge is 2.27. The van der Waals surface area contributed by atoms with E-state index in [1.807, 2.05) is 6.07 Å². The van der Waals surface area contributed by atoms with Crippen LogP contribution in [0.3, 0.4) is 0 Å². The number of aromatic nitrogens is 4. The number of carbonyl (C=O) groups excluding carboxylic acids is 2. The second kappa shape index (κ2) is 11.9. The number of fused-ring (bicyclic) bond motifs is 1. The molecule has 0 saturated heterocycles. The zero-order valence-electron chi connectivity index (χ0n) is 21.7. The molecular weight excluding hydrogens is 503 g/mol. The molecule has 0 spiro atoms. The first-order valence-electron chi connectivity index (χ1n) is 13.5. The molecule has 0 bridgehead atoms. The van der Waals surface area contributed by atoms with Gasteiger partial charge in [0.25, 0.3) is 5.91 Å². The lowest BCUT2D eigenvalue weighted by Crippen LogP contribution is -2.47. The van der Waals surface area contributed by atoms with Gasteiger partial charge in [-0.1, -0.05) is 0 Å². The topological polar surface area (TPSA) is 177 Å². The van der Waals surface area contributed by atoms with Gasteiger partial charge >= 0.3 is 0 Å². The van der Waals surface area contributed by atoms with Crippen molar-refractivity contribution in [3.8, 4) is 0 Å². The van der Waals surface area contributed by atoms with Crippen LogP contribution in [0, 0.1) is 5.82 Å². The fourth-order valence-corrected chi connectivity index (χ4v) is 4.78. The number of hydrogen-bond donors (Lipinski definition) is 6. The molecule has 5 rings (SSSR count). The third kappa shape index (κ3) is 6.60. The molecule has 2 saturated carbocycles. The number of anilines is 3. The first-order valence-corrected chi connectivity index (χ1v) is 13.5. The van der Waals surface area contributed by atoms with E-state index in [0.717, 1.165) is 56.8 Å². The van der Waals surface area contributed by atoms with Gasteiger partial charge in [-0.25, -0.2) is 13.9 Å². The molecule has 3 heterocycles. The first kappa shape index (κ1) is 26.8. The summed E-state index contributed by atoms with van der Waals surface area (Å²) in [5.41, 5.74) is 13.0. The molecular formula is C26H35FN10O2. The number of amides is 2. The molecule has 208 valence electrons. The molecule has 3 aromatic heterocycles. The number of hydrogen-bond acceptors (Lipinski definition) is 9. The van der Waals surface area contributed by atoms with Crippen LogP contribution < -0.4 is 32.7 Å². The van der Waals surface area contributed by atoms with Crippen LogP contribution >= 0.6 is 0 Å². The molecule has 0 aliphatic heterocycles. The molecule has 13 heteroatoms. The average molecular weight is 539 g/mol. The normalized spacial score (nSPS) is 19.9. The number of rotatable bonds is 11. The van der Waals surface area contributed by atoms with E-state index in [1.54, 1.807) is 0 Å². The molecule has 0 aromatic carbocycles. The van der Waals surface area contributed by atoms with Crippen LogP contribution in [0.4, 0.5) is 21.6 Å². The van der Waals surface area contributed by atoms with Crippen LogP contribution in [0.1, 0.15) is 61.9 Å². The van der Waals surface area contributed by atoms with Crippen molar-refractivity contribution in [3.63, 3.8) is 0 Å². The van der Waals surface area contributed by atoms with Crippen molar-refractivity contribution >= 4 is 34.7 Å². The Morgan fingerprint density at radius 3 is 2.49 bits per heavy atom. The van der Waals surface area contributed by atoms with Crippen LogP contribution in [0.5, 0.6) is 0 Å². The van der Waals surface area contributed by atoms with Crippen molar-refractivity contribution in [2.75, 3.05) is 22.5 Å². The summed E-state index contributed by atoms with van der Waals surface area (Å²) in [6.45, 7) is 0.518. The highest BCUT2D eigenvalue weighted by Crippen LogP contribution is 2.30. The molecule has 2 aliphatic carbocycles. The van der Waals surface area contributed by atoms with E-state index in [2.05, 4.69) is 36.3 Å². The van der Waals surface area contributed by atoms with E-state index in [9.17, 15) is 14.0 Å². The molecule has 12 nitrogen and oxygen atoms in total. The Hall–Kier alpha value is -3.84. The lowest BCUT2D eigenvalue weighted by molar-refractivity contribution is -0.123. The van der Waals surface area contributed by atoms with E-state index in [-0.39, 0.29) is 29.4 Å². The Morgan fingerprint density at radius 1 is 1.05 bits per heavy atom. The fourth-order valence-electron chi connectivity index (χ4n) is 4.78. The van der Waals surface area contributed by atoms with Gasteiger partial charge in [0, 0.05) is 30.4 Å². The van der Waals surface area contributed by atoms with Gasteiger partial charge in [0.1, 0.15) is 5.82 Å². The minimum atomic E-state index is -0.629. The smallest absolute Gasteiger partial charge is 0.276 e. The highest BCUT2D eigenvalue weighted by molar-refractivity contribution is 6.03. The summed E-state index contributed by atoms with van der Waals surface area (Å²) in [5, 5.41) is 17.3. The predicted molar refractivity (Wildman–Crippen MR) is 146 cm³/mol. The van der Waals surface area contributed by atoms with Crippen molar-refractivity contribution in [3.05, 3.63) is 42.2 Å². The Morgan fingerprint density at radius 2 is 1.77 bits per heavy atom. The number of carbonyl (C=O) groups is 2. The number of imidazole rings is 1. The molecule has 0 radical (unpaired) electrons. The molecule has 3 aromatic rings. The zero-order chi connectivity index (χ0) is 27.4. The number of nitrogens with zero attached hydrogens (tertiary/aromatic N) is 4. The first-order chi connectivity index (χ1) is 18.9. The molecule has 2 fully saturated rings. The molecule has 39 heavy (non-hydrogen) atoms. The Labute approximate surface area is 225 Å². The maximum Gasteiger partial charge on any atom is 0.276 e. The van der Waals surface area contributed by atoms with Crippen LogP contribution in [0.2, 0.25) is 0 Å². The van der Waals surface area contributed by atoms with Gasteiger partial charge in [0.15, 0.2) is 17.2 Å². The second-order valence-electron chi connectivity index (χ2n) is 10.3. The van der Waals surface area contributed by atoms with Crippen LogP contribution in [0.15, 0.2) is 30.7 Å². The van der Waals surface area contributed by atoms with Gasteiger partial charge in [0.2, 0.25) is 5.91 Å². The largest absolute Gasteiger partial charge is 0.379 e. The molecule has 8 N–H and O–H groups in total. The minimum Gasteiger partial charge on any atom is -0.379 e. The van der Waals surface area contributed by atoms with E-state index in [0.29, 0.717) is 30.5 Å². The Bertz CT molecular complexity index is 1320. The third-order valence-electron chi connectivity index (χ3n) is 7.14. The SMILES string of the molecule is NCCC[C@H](N)C(=O)N[C@H]1CC[C@H](Nc2cc(NC3CC3)c3ncc(C(=O)Nc4ccncc4F)n3n2)CC1. The average Bonchev–Trinajstić information content (AvgIpc) is 3.64. The number of pyridine rings is 1. The van der Waals surface area contributed by atoms with Crippen molar-refractivity contribution in [1.82, 2.24) is 24.9 Å². The lowest BCUT2D eigenvalue weighted by atomic mass is 9.91. The van der Waals surface area contributed by atoms with Crippen molar-refractivity contribution in [1.29, 1.82) is 0 Å². The van der Waals surface area contributed by atoms with Crippen molar-refractivity contribution in [2.24, 2.45) is 11.5 Å². The van der Waals surface area contributed by atoms with Gasteiger partial charge in [0.05, 0.1) is 29.8 Å². The summed E-state index contributed by atoms with van der Waals surface area (Å²) < 4.78 is 15.5. The minimum absolute atomic E-state index is 0.0275. The zero-order valence-corrected chi connectivity index (χ0v) is 21.7. The summed E-state index contributed by atoms with van der Waals surface area (Å²) in [7, 11) is 0. The van der Waals surface area contributed by atoms with E-state index >= 15 is 0 Å². The van der Waals surface area contributed by atoms with Crippen molar-refractivity contribution in [2.45, 2.75) is 75.5 Å². The monoisotopic (exact) mass is 538 g/mol. The van der Waals surface area contributed by atoms with Crippen LogP contribution in [0.25, 0.3) is 5.65 Å². The summed E-state index contributed by atoms with van der Waals surface area (Å²) in [4.78, 5) is 33.5. The van der Waals surface area contributed by atoms with Gasteiger partial charge in [-0.3, -0.25) is 14.6 Å². The molecule has 2 aliphatic rings. The van der Waals surface area contributed by atoms with E-state index in [4.69, 9.17) is 11.5 Å². The Kier molecular flexibility index (Phi) is 8.17. The molecule has 2 amide bonds. The van der Waals surface area contributed by atoms with Gasteiger partial charge in [-0.15, -0.1) is 5.10 Å². The summed E-state index contributed by atoms with van der Waals surface area (Å²) in [5.74, 6) is -0.685. The van der Waals surface area contributed by atoms with Gasteiger partial charge in [-0.2, -0.15) is 0 Å². The maximum atomic E-state index is 14.1. The third-order valence-corrected chi connectivity index (χ3v) is 7.14. The van der Waals surface area contributed by atoms with E-state index in [1.165, 1.54) is 23.0 Å². The quantitative estimate of drug-likeness (QED) is 0.213. The number of halogens is 1. The van der Waals surface area contributed by atoms with Crippen molar-refractivity contribution < 1.29 is 14.0 Å². The van der Waals surface area contributed by atoms with Gasteiger partial charge in [-0.05, 0) is 64.0 Å². The highest BCUT2D eigenvalue weighted by atomic mass is 19.1. The number of nitrogens with one attached hydrogen (secondary N) is 4. The maximum absolute atomic E-state index is 14.1. The summed E-state index contributed by atoms with van der Waals surface area (Å²) >= 11 is 0. The van der Waals surface area contributed by atoms with E-state index < -0.39 is 17.8 Å². The summed E-state index contributed by atoms with van der Waals surface area (Å²) in [6, 6.07) is 3.36. The predicted octanol–water partition coefficient (Wildman–Crippen LogP) is 2.00. The number of nitrogens with two attached hydrogens (primary N) is 2. The van der Waals surface area contributed by atoms with Crippen LogP contribution in [-0.4, -0.2) is 62.1 Å². The molecule has 0 unspecified atom stereocenters. The van der Waals surface area contributed by atoms with Gasteiger partial charge < -0.3 is 32.7 Å². The second-order valence-corrected chi connectivity index (χ2v) is 10.3. The Balaban J connectivity index is 1.27. The summed E-state index contributed by atoms with van der Waals surface area (Å²) in [6.07, 6.45) is 10.6.